The second kappa shape index (κ2) is 8.82. The van der Waals surface area contributed by atoms with E-state index < -0.39 is 0 Å². The maximum atomic E-state index is 6.15. The normalized spacial score (nSPS) is 19.7. The van der Waals surface area contributed by atoms with Crippen LogP contribution in [0.5, 0.6) is 5.75 Å². The lowest BCUT2D eigenvalue weighted by atomic mass is 9.63. The first-order valence-corrected chi connectivity index (χ1v) is 12.1. The third kappa shape index (κ3) is 4.59. The monoisotopic (exact) mass is 421 g/mol. The molecule has 1 aromatic heterocycles. The van der Waals surface area contributed by atoms with Crippen molar-refractivity contribution in [2.45, 2.75) is 71.1 Å². The summed E-state index contributed by atoms with van der Waals surface area (Å²) in [6, 6.07) is 11.3. The van der Waals surface area contributed by atoms with Gasteiger partial charge in [0, 0.05) is 31.7 Å². The minimum Gasteiger partial charge on any atom is -0.490 e. The molecule has 2 aliphatic rings. The molecule has 1 aliphatic heterocycles. The van der Waals surface area contributed by atoms with Gasteiger partial charge in [-0.15, -0.1) is 0 Å². The Morgan fingerprint density at radius 2 is 1.68 bits per heavy atom. The Labute approximate surface area is 188 Å². The molecule has 0 atom stereocenters. The van der Waals surface area contributed by atoms with Crippen LogP contribution in [0.2, 0.25) is 0 Å². The molecule has 1 aliphatic carbocycles. The number of hydrogen-bond donors (Lipinski definition) is 1. The minimum absolute atomic E-state index is 0.200. The Morgan fingerprint density at radius 1 is 0.968 bits per heavy atom. The van der Waals surface area contributed by atoms with Crippen LogP contribution < -0.4 is 15.0 Å². The highest BCUT2D eigenvalue weighted by Gasteiger charge is 2.37. The molecule has 1 saturated heterocycles. The number of fused-ring (bicyclic) bond motifs is 1. The zero-order valence-electron chi connectivity index (χ0n) is 20.1. The van der Waals surface area contributed by atoms with E-state index in [2.05, 4.69) is 75.2 Å². The SMILES string of the molecule is CCCCOc1ccc(-c2ccc3c(c2)C(C)(C)CCC3(C)C)nc1N1CCNCC1. The fraction of sp³-hybridized carbons (Fsp3) is 0.593. The van der Waals surface area contributed by atoms with Crippen LogP contribution in [0.15, 0.2) is 30.3 Å². The van der Waals surface area contributed by atoms with Gasteiger partial charge in [-0.3, -0.25) is 0 Å². The van der Waals surface area contributed by atoms with E-state index in [1.54, 1.807) is 0 Å². The van der Waals surface area contributed by atoms with Gasteiger partial charge in [0.2, 0.25) is 0 Å². The molecule has 0 bridgehead atoms. The highest BCUT2D eigenvalue weighted by atomic mass is 16.5. The van der Waals surface area contributed by atoms with Crippen LogP contribution in [0.1, 0.15) is 71.4 Å². The molecule has 31 heavy (non-hydrogen) atoms. The molecule has 1 fully saturated rings. The van der Waals surface area contributed by atoms with Crippen LogP contribution in [-0.2, 0) is 10.8 Å². The van der Waals surface area contributed by atoms with Gasteiger partial charge in [0.15, 0.2) is 11.6 Å². The van der Waals surface area contributed by atoms with Crippen LogP contribution in [-0.4, -0.2) is 37.8 Å². The number of piperazine rings is 1. The van der Waals surface area contributed by atoms with Gasteiger partial charge < -0.3 is 15.0 Å². The van der Waals surface area contributed by atoms with Crippen LogP contribution in [0, 0.1) is 0 Å². The predicted molar refractivity (Wildman–Crippen MR) is 130 cm³/mol. The molecule has 0 radical (unpaired) electrons. The Morgan fingerprint density at radius 3 is 2.39 bits per heavy atom. The summed E-state index contributed by atoms with van der Waals surface area (Å²) in [4.78, 5) is 7.52. The Balaban J connectivity index is 1.72. The van der Waals surface area contributed by atoms with Crippen molar-refractivity contribution in [1.82, 2.24) is 10.3 Å². The van der Waals surface area contributed by atoms with Crippen LogP contribution in [0.25, 0.3) is 11.3 Å². The van der Waals surface area contributed by atoms with E-state index in [-0.39, 0.29) is 10.8 Å². The van der Waals surface area contributed by atoms with Crippen molar-refractivity contribution >= 4 is 5.82 Å². The quantitative estimate of drug-likeness (QED) is 0.608. The molecule has 4 nitrogen and oxygen atoms in total. The van der Waals surface area contributed by atoms with E-state index in [0.29, 0.717) is 0 Å². The molecule has 2 aromatic rings. The molecule has 4 rings (SSSR count). The lowest BCUT2D eigenvalue weighted by Crippen LogP contribution is -2.44. The first kappa shape index (κ1) is 22.1. The van der Waals surface area contributed by atoms with Crippen LogP contribution >= 0.6 is 0 Å². The summed E-state index contributed by atoms with van der Waals surface area (Å²) in [6.07, 6.45) is 4.66. The van der Waals surface area contributed by atoms with E-state index >= 15 is 0 Å². The summed E-state index contributed by atoms with van der Waals surface area (Å²) in [7, 11) is 0. The summed E-state index contributed by atoms with van der Waals surface area (Å²) in [5, 5.41) is 3.44. The lowest BCUT2D eigenvalue weighted by Gasteiger charge is -2.42. The highest BCUT2D eigenvalue weighted by Crippen LogP contribution is 2.46. The van der Waals surface area contributed by atoms with E-state index in [1.165, 1.54) is 29.5 Å². The second-order valence-electron chi connectivity index (χ2n) is 10.5. The van der Waals surface area contributed by atoms with Crippen molar-refractivity contribution in [3.8, 4) is 17.0 Å². The molecule has 1 N–H and O–H groups in total. The van der Waals surface area contributed by atoms with Crippen molar-refractivity contribution in [3.05, 3.63) is 41.5 Å². The van der Waals surface area contributed by atoms with Crippen LogP contribution in [0.4, 0.5) is 5.82 Å². The molecular weight excluding hydrogens is 382 g/mol. The Kier molecular flexibility index (Phi) is 6.30. The number of nitrogens with zero attached hydrogens (tertiary/aromatic N) is 2. The molecule has 2 heterocycles. The van der Waals surface area contributed by atoms with E-state index in [9.17, 15) is 0 Å². The predicted octanol–water partition coefficient (Wildman–Crippen LogP) is 5.69. The van der Waals surface area contributed by atoms with Gasteiger partial charge in [-0.1, -0.05) is 53.2 Å². The van der Waals surface area contributed by atoms with Crippen LogP contribution in [0.3, 0.4) is 0 Å². The zero-order valence-corrected chi connectivity index (χ0v) is 20.1. The molecule has 1 aromatic carbocycles. The summed E-state index contributed by atoms with van der Waals surface area (Å²) >= 11 is 0. The Hall–Kier alpha value is -2.07. The van der Waals surface area contributed by atoms with Crippen molar-refractivity contribution < 1.29 is 4.74 Å². The molecule has 0 unspecified atom stereocenters. The fourth-order valence-electron chi connectivity index (χ4n) is 4.89. The van der Waals surface area contributed by atoms with Gasteiger partial charge in [0.1, 0.15) is 0 Å². The number of aromatic nitrogens is 1. The third-order valence-electron chi connectivity index (χ3n) is 7.16. The smallest absolute Gasteiger partial charge is 0.172 e. The fourth-order valence-corrected chi connectivity index (χ4v) is 4.89. The maximum absolute atomic E-state index is 6.15. The lowest BCUT2D eigenvalue weighted by molar-refractivity contribution is 0.308. The average molecular weight is 422 g/mol. The van der Waals surface area contributed by atoms with Crippen molar-refractivity contribution in [2.75, 3.05) is 37.7 Å². The summed E-state index contributed by atoms with van der Waals surface area (Å²) in [6.45, 7) is 16.4. The summed E-state index contributed by atoms with van der Waals surface area (Å²) in [5.74, 6) is 1.91. The average Bonchev–Trinajstić information content (AvgIpc) is 2.78. The summed E-state index contributed by atoms with van der Waals surface area (Å²) < 4.78 is 6.15. The molecule has 4 heteroatoms. The largest absolute Gasteiger partial charge is 0.490 e. The third-order valence-corrected chi connectivity index (χ3v) is 7.16. The first-order chi connectivity index (χ1) is 14.8. The molecule has 0 spiro atoms. The number of hydrogen-bond acceptors (Lipinski definition) is 4. The number of unbranched alkanes of at least 4 members (excludes halogenated alkanes) is 1. The van der Waals surface area contributed by atoms with Gasteiger partial charge in [-0.25, -0.2) is 4.98 Å². The molecular formula is C27H39N3O. The summed E-state index contributed by atoms with van der Waals surface area (Å²) in [5.41, 5.74) is 5.66. The van der Waals surface area contributed by atoms with Gasteiger partial charge in [-0.05, 0) is 59.4 Å². The zero-order chi connectivity index (χ0) is 22.1. The number of nitrogens with one attached hydrogen (secondary N) is 1. The number of ether oxygens (including phenoxy) is 1. The first-order valence-electron chi connectivity index (χ1n) is 12.1. The van der Waals surface area contributed by atoms with Gasteiger partial charge in [-0.2, -0.15) is 0 Å². The highest BCUT2D eigenvalue weighted by molar-refractivity contribution is 5.67. The van der Waals surface area contributed by atoms with E-state index in [4.69, 9.17) is 9.72 Å². The maximum Gasteiger partial charge on any atom is 0.172 e. The van der Waals surface area contributed by atoms with Gasteiger partial charge >= 0.3 is 0 Å². The van der Waals surface area contributed by atoms with Crippen molar-refractivity contribution in [1.29, 1.82) is 0 Å². The number of benzene rings is 1. The second-order valence-corrected chi connectivity index (χ2v) is 10.5. The topological polar surface area (TPSA) is 37.4 Å². The van der Waals surface area contributed by atoms with E-state index in [0.717, 1.165) is 62.9 Å². The number of anilines is 1. The molecule has 0 amide bonds. The van der Waals surface area contributed by atoms with Gasteiger partial charge in [0.05, 0.1) is 12.3 Å². The van der Waals surface area contributed by atoms with Gasteiger partial charge in [0.25, 0.3) is 0 Å². The standard InChI is InChI=1S/C27H39N3O/c1-6-7-18-31-24-11-10-23(29-25(24)30-16-14-28-15-17-30)20-8-9-21-22(19-20)27(4,5)13-12-26(21,2)3/h8-11,19,28H,6-7,12-18H2,1-5H3. The van der Waals surface area contributed by atoms with E-state index in [1.807, 2.05) is 0 Å². The number of rotatable bonds is 6. The molecule has 168 valence electrons. The Bertz CT molecular complexity index is 913. The van der Waals surface area contributed by atoms with Crippen molar-refractivity contribution in [2.24, 2.45) is 0 Å². The molecule has 0 saturated carbocycles. The van der Waals surface area contributed by atoms with Crippen molar-refractivity contribution in [3.63, 3.8) is 0 Å². The number of pyridine rings is 1. The minimum atomic E-state index is 0.200.